The van der Waals surface area contributed by atoms with Gasteiger partial charge >= 0.3 is 0 Å². The summed E-state index contributed by atoms with van der Waals surface area (Å²) in [7, 11) is 0. The van der Waals surface area contributed by atoms with Crippen LogP contribution in [-0.2, 0) is 24.7 Å². The van der Waals surface area contributed by atoms with Crippen molar-refractivity contribution in [1.82, 2.24) is 13.7 Å². The van der Waals surface area contributed by atoms with E-state index in [0.717, 1.165) is 19.3 Å². The van der Waals surface area contributed by atoms with Gasteiger partial charge in [0.05, 0.1) is 33.1 Å². The van der Waals surface area contributed by atoms with E-state index < -0.39 is 0 Å². The zero-order valence-corrected chi connectivity index (χ0v) is 61.8. The highest BCUT2D eigenvalue weighted by Gasteiger charge is 2.36. The van der Waals surface area contributed by atoms with E-state index in [-0.39, 0.29) is 5.41 Å². The summed E-state index contributed by atoms with van der Waals surface area (Å²) in [6.07, 6.45) is 3.09. The number of hydrogen-bond donors (Lipinski definition) is 0. The summed E-state index contributed by atoms with van der Waals surface area (Å²) in [6.45, 7) is 4.71. The van der Waals surface area contributed by atoms with Gasteiger partial charge in [0.1, 0.15) is 0 Å². The first-order valence-corrected chi connectivity index (χ1v) is 39.0. The van der Waals surface area contributed by atoms with Gasteiger partial charge < -0.3 is 13.7 Å². The molecule has 3 heteroatoms. The lowest BCUT2D eigenvalue weighted by Crippen LogP contribution is -2.15. The zero-order chi connectivity index (χ0) is 73.4. The Morgan fingerprint density at radius 2 is 0.477 bits per heavy atom. The molecule has 20 aromatic rings. The molecule has 3 heterocycles. The Bertz CT molecular complexity index is 7180. The van der Waals surface area contributed by atoms with Gasteiger partial charge in [-0.05, 0) is 262 Å². The molecule has 0 spiro atoms. The maximum atomic E-state index is 2.45. The second-order valence-electron chi connectivity index (χ2n) is 31.0. The second-order valence-corrected chi connectivity index (χ2v) is 31.0. The number of para-hydroxylation sites is 4. The monoisotopic (exact) mass is 1410 g/mol. The molecule has 3 aromatic heterocycles. The van der Waals surface area contributed by atoms with E-state index in [0.29, 0.717) is 0 Å². The first-order valence-electron chi connectivity index (χ1n) is 39.0. The molecule has 0 atom stereocenters. The Hall–Kier alpha value is -13.9. The minimum atomic E-state index is -0.0277. The quantitative estimate of drug-likeness (QED) is 0.151. The summed E-state index contributed by atoms with van der Waals surface area (Å²) in [6, 6.07) is 141. The van der Waals surface area contributed by atoms with Crippen LogP contribution in [0.25, 0.3) is 171 Å². The van der Waals surface area contributed by atoms with Crippen molar-refractivity contribution in [3.63, 3.8) is 0 Å². The number of benzene rings is 17. The van der Waals surface area contributed by atoms with E-state index in [1.165, 1.54) is 216 Å². The molecule has 0 fully saturated rings. The van der Waals surface area contributed by atoms with Crippen LogP contribution in [0.4, 0.5) is 0 Å². The average Bonchev–Trinajstić information content (AvgIpc) is 1.57. The van der Waals surface area contributed by atoms with E-state index in [9.17, 15) is 0 Å². The average molecular weight is 1410 g/mol. The van der Waals surface area contributed by atoms with Gasteiger partial charge in [-0.15, -0.1) is 0 Å². The SMILES string of the molecule is CC1(C)c2ccccc2-c2ccc(-n3c4ccccc4c4cc(-c5ccc6c(c5)-c5ccccc5C6)ccc43)cc21.c1ccc(-c2ccc(-n3c4ccccc4c4cc(-c5ccc6c(c5)-c5ccccc5C6)ccc43)cc2)cc1.c1ccc(-n2c3ccccc3c3cc(-c4ccc5c(c4)-c4ccccc4C5)ccc32)cc1. The molecular weight excluding hydrogens is 1340 g/mol. The molecule has 0 unspecified atom stereocenters. The molecular formula is C108H75N3. The Morgan fingerprint density at radius 3 is 0.928 bits per heavy atom. The third kappa shape index (κ3) is 10.6. The Labute approximate surface area is 646 Å². The summed E-state index contributed by atoms with van der Waals surface area (Å²) >= 11 is 0. The fraction of sp³-hybridized carbons (Fsp3) is 0.0556. The highest BCUT2D eigenvalue weighted by Crippen LogP contribution is 2.51. The van der Waals surface area contributed by atoms with Crippen molar-refractivity contribution in [2.75, 3.05) is 0 Å². The zero-order valence-electron chi connectivity index (χ0n) is 61.8. The minimum Gasteiger partial charge on any atom is -0.309 e. The standard InChI is InChI=1S/C40H29N.C37H25N.C31H21N/c1-40(2)36-13-7-5-11-31(36)32-19-18-29(24-37(32)40)41-38-14-8-6-12-33(38)35-23-26(17-20-39(35)41)25-15-16-28-21-27-9-3-4-10-30(27)34(28)22-25;1-2-8-25(9-3-1)26-16-19-31(20-17-26)38-36-13-7-6-12-33(36)35-24-28(18-21-37(35)38)27-14-15-30-22-29-10-4-5-11-32(29)34(30)23-27;1-2-9-25(10-3-1)32-30-13-7-6-12-27(30)29-20-22(16-17-31(29)32)21-14-15-24-18-23-8-4-5-11-26(23)28(24)19-21/h3-20,22-24H,21H2,1-2H3;1-21,23-24H,22H2;1-17,19-20H,18H2. The first-order chi connectivity index (χ1) is 54.8. The predicted octanol–water partition coefficient (Wildman–Crippen LogP) is 28.0. The molecule has 24 rings (SSSR count). The van der Waals surface area contributed by atoms with Gasteiger partial charge in [0.25, 0.3) is 0 Å². The topological polar surface area (TPSA) is 14.8 Å². The van der Waals surface area contributed by atoms with Crippen molar-refractivity contribution in [3.8, 4) is 106 Å². The van der Waals surface area contributed by atoms with Gasteiger partial charge in [0.2, 0.25) is 0 Å². The molecule has 0 saturated heterocycles. The van der Waals surface area contributed by atoms with E-state index in [2.05, 4.69) is 410 Å². The second kappa shape index (κ2) is 25.7. The molecule has 4 aliphatic carbocycles. The lowest BCUT2D eigenvalue weighted by Gasteiger charge is -2.22. The maximum absolute atomic E-state index is 2.45. The van der Waals surface area contributed by atoms with E-state index >= 15 is 0 Å². The van der Waals surface area contributed by atoms with Crippen LogP contribution in [0.2, 0.25) is 0 Å². The molecule has 0 radical (unpaired) electrons. The van der Waals surface area contributed by atoms with Crippen LogP contribution in [0, 0.1) is 0 Å². The summed E-state index contributed by atoms with van der Waals surface area (Å²) in [5, 5.41) is 7.73. The van der Waals surface area contributed by atoms with E-state index in [4.69, 9.17) is 0 Å². The van der Waals surface area contributed by atoms with Crippen molar-refractivity contribution >= 4 is 65.4 Å². The van der Waals surface area contributed by atoms with E-state index in [1.807, 2.05) is 0 Å². The summed E-state index contributed by atoms with van der Waals surface area (Å²) in [4.78, 5) is 0. The molecule has 0 bridgehead atoms. The minimum absolute atomic E-state index is 0.0277. The first kappa shape index (κ1) is 64.3. The van der Waals surface area contributed by atoms with Crippen molar-refractivity contribution in [1.29, 1.82) is 0 Å². The van der Waals surface area contributed by atoms with E-state index in [1.54, 1.807) is 0 Å². The van der Waals surface area contributed by atoms with Crippen LogP contribution in [0.5, 0.6) is 0 Å². The molecule has 0 aliphatic heterocycles. The number of aromatic nitrogens is 3. The number of fused-ring (bicyclic) bond motifs is 21. The Kier molecular flexibility index (Phi) is 14.9. The Morgan fingerprint density at radius 1 is 0.180 bits per heavy atom. The lowest BCUT2D eigenvalue weighted by molar-refractivity contribution is 0.660. The Balaban J connectivity index is 0.000000103. The fourth-order valence-corrected chi connectivity index (χ4v) is 19.0. The van der Waals surface area contributed by atoms with Crippen molar-refractivity contribution in [2.45, 2.75) is 38.5 Å². The summed E-state index contributed by atoms with van der Waals surface area (Å²) in [5.41, 5.74) is 43.4. The maximum Gasteiger partial charge on any atom is 0.0541 e. The van der Waals surface area contributed by atoms with Crippen molar-refractivity contribution in [2.24, 2.45) is 0 Å². The highest BCUT2D eigenvalue weighted by atomic mass is 15.0. The third-order valence-electron chi connectivity index (χ3n) is 24.5. The summed E-state index contributed by atoms with van der Waals surface area (Å²) in [5.74, 6) is 0. The van der Waals surface area contributed by atoms with Gasteiger partial charge in [-0.2, -0.15) is 0 Å². The molecule has 111 heavy (non-hydrogen) atoms. The van der Waals surface area contributed by atoms with Gasteiger partial charge in [0, 0.05) is 54.8 Å². The normalized spacial score (nSPS) is 12.9. The van der Waals surface area contributed by atoms with Gasteiger partial charge in [0.15, 0.2) is 0 Å². The number of hydrogen-bond acceptors (Lipinski definition) is 0. The van der Waals surface area contributed by atoms with Crippen LogP contribution in [0.1, 0.15) is 58.4 Å². The largest absolute Gasteiger partial charge is 0.309 e. The van der Waals surface area contributed by atoms with Crippen LogP contribution in [0.3, 0.4) is 0 Å². The number of nitrogens with zero attached hydrogens (tertiary/aromatic N) is 3. The lowest BCUT2D eigenvalue weighted by atomic mass is 9.82. The van der Waals surface area contributed by atoms with Crippen molar-refractivity contribution in [3.05, 3.63) is 427 Å². The molecule has 0 saturated carbocycles. The van der Waals surface area contributed by atoms with Crippen LogP contribution in [0.15, 0.2) is 382 Å². The number of rotatable bonds is 7. The van der Waals surface area contributed by atoms with Crippen LogP contribution < -0.4 is 0 Å². The van der Waals surface area contributed by atoms with Gasteiger partial charge in [-0.1, -0.05) is 287 Å². The van der Waals surface area contributed by atoms with Gasteiger partial charge in [-0.3, -0.25) is 0 Å². The molecule has 522 valence electrons. The molecule has 3 nitrogen and oxygen atoms in total. The van der Waals surface area contributed by atoms with Crippen LogP contribution >= 0.6 is 0 Å². The highest BCUT2D eigenvalue weighted by molar-refractivity contribution is 6.13. The smallest absolute Gasteiger partial charge is 0.0541 e. The molecule has 17 aromatic carbocycles. The molecule has 4 aliphatic rings. The molecule has 0 amide bonds. The third-order valence-corrected chi connectivity index (χ3v) is 24.5. The van der Waals surface area contributed by atoms with Crippen LogP contribution in [-0.4, -0.2) is 13.7 Å². The fourth-order valence-electron chi connectivity index (χ4n) is 19.0. The molecule has 0 N–H and O–H groups in total. The van der Waals surface area contributed by atoms with Crippen molar-refractivity contribution < 1.29 is 0 Å². The van der Waals surface area contributed by atoms with Gasteiger partial charge in [-0.25, -0.2) is 0 Å². The summed E-state index contributed by atoms with van der Waals surface area (Å²) < 4.78 is 7.21. The predicted molar refractivity (Wildman–Crippen MR) is 466 cm³/mol.